The molecule has 0 radical (unpaired) electrons. The molecule has 0 aliphatic carbocycles. The van der Waals surface area contributed by atoms with Crippen LogP contribution in [0.3, 0.4) is 0 Å². The number of sulfonamides is 1. The first-order valence-electron chi connectivity index (χ1n) is 9.19. The van der Waals surface area contributed by atoms with Gasteiger partial charge in [-0.05, 0) is 31.4 Å². The topological polar surface area (TPSA) is 99.7 Å². The third-order valence-electron chi connectivity index (χ3n) is 4.95. The zero-order valence-corrected chi connectivity index (χ0v) is 16.7. The van der Waals surface area contributed by atoms with Gasteiger partial charge in [0.2, 0.25) is 10.0 Å². The van der Waals surface area contributed by atoms with E-state index in [9.17, 15) is 18.0 Å². The van der Waals surface area contributed by atoms with Gasteiger partial charge in [0, 0.05) is 37.6 Å². The number of aromatic nitrogens is 1. The van der Waals surface area contributed by atoms with Gasteiger partial charge >= 0.3 is 0 Å². The molecule has 3 heterocycles. The summed E-state index contributed by atoms with van der Waals surface area (Å²) >= 11 is 0. The van der Waals surface area contributed by atoms with Crippen molar-refractivity contribution in [3.63, 3.8) is 0 Å². The summed E-state index contributed by atoms with van der Waals surface area (Å²) in [6.45, 7) is 6.58. The molecule has 2 aliphatic heterocycles. The van der Waals surface area contributed by atoms with E-state index in [4.69, 9.17) is 0 Å². The fourth-order valence-corrected chi connectivity index (χ4v) is 5.17. The third kappa shape index (κ3) is 4.30. The first kappa shape index (κ1) is 19.8. The minimum Gasteiger partial charge on any atom is -0.348 e. The number of aryl methyl sites for hydroxylation is 1. The van der Waals surface area contributed by atoms with Crippen molar-refractivity contribution in [3.8, 4) is 0 Å². The van der Waals surface area contributed by atoms with Crippen LogP contribution in [0.1, 0.15) is 36.3 Å². The molecule has 2 aliphatic rings. The second kappa shape index (κ2) is 7.55. The number of nitrogens with one attached hydrogen (secondary N) is 1. The quantitative estimate of drug-likeness (QED) is 0.793. The molecule has 148 valence electrons. The highest BCUT2D eigenvalue weighted by atomic mass is 32.2. The van der Waals surface area contributed by atoms with E-state index in [1.54, 1.807) is 12.1 Å². The van der Waals surface area contributed by atoms with Gasteiger partial charge in [-0.25, -0.2) is 12.7 Å². The summed E-state index contributed by atoms with van der Waals surface area (Å²) in [5.74, 6) is -0.634. The van der Waals surface area contributed by atoms with Crippen molar-refractivity contribution < 1.29 is 18.0 Å². The molecule has 1 N–H and O–H groups in total. The lowest BCUT2D eigenvalue weighted by Crippen LogP contribution is -2.45. The fraction of sp³-hybridized carbons (Fsp3) is 0.611. The van der Waals surface area contributed by atoms with E-state index >= 15 is 0 Å². The number of rotatable bonds is 4. The Bertz CT molecular complexity index is 822. The molecule has 1 aromatic heterocycles. The SMILES string of the molecule is Cc1ccc(C(=O)N[C@H]2C[C@H]3C(=O)N(CC(C)C)S(=O)(=O)CCN3C2)cn1. The van der Waals surface area contributed by atoms with Crippen molar-refractivity contribution in [2.75, 3.05) is 25.4 Å². The lowest BCUT2D eigenvalue weighted by molar-refractivity contribution is -0.130. The molecule has 0 bridgehead atoms. The van der Waals surface area contributed by atoms with Gasteiger partial charge < -0.3 is 5.32 Å². The van der Waals surface area contributed by atoms with Gasteiger partial charge in [-0.15, -0.1) is 0 Å². The highest BCUT2D eigenvalue weighted by Crippen LogP contribution is 2.25. The summed E-state index contributed by atoms with van der Waals surface area (Å²) in [6.07, 6.45) is 1.94. The van der Waals surface area contributed by atoms with Crippen molar-refractivity contribution in [2.45, 2.75) is 39.3 Å². The minimum atomic E-state index is -3.59. The maximum Gasteiger partial charge on any atom is 0.253 e. The van der Waals surface area contributed by atoms with Crippen LogP contribution in [0, 0.1) is 12.8 Å². The summed E-state index contributed by atoms with van der Waals surface area (Å²) in [7, 11) is -3.59. The summed E-state index contributed by atoms with van der Waals surface area (Å²) in [4.78, 5) is 31.3. The molecule has 0 saturated carbocycles. The molecule has 0 spiro atoms. The van der Waals surface area contributed by atoms with Crippen molar-refractivity contribution in [1.29, 1.82) is 0 Å². The zero-order chi connectivity index (χ0) is 19.8. The molecule has 27 heavy (non-hydrogen) atoms. The average molecular weight is 394 g/mol. The molecular weight excluding hydrogens is 368 g/mol. The number of hydrogen-bond donors (Lipinski definition) is 1. The monoisotopic (exact) mass is 394 g/mol. The number of carbonyl (C=O) groups excluding carboxylic acids is 2. The Labute approximate surface area is 160 Å². The van der Waals surface area contributed by atoms with Crippen LogP contribution in [0.25, 0.3) is 0 Å². The van der Waals surface area contributed by atoms with Crippen LogP contribution in [0.15, 0.2) is 18.3 Å². The Kier molecular flexibility index (Phi) is 5.53. The predicted octanol–water partition coefficient (Wildman–Crippen LogP) is 0.391. The van der Waals surface area contributed by atoms with E-state index in [2.05, 4.69) is 10.3 Å². The van der Waals surface area contributed by atoms with Gasteiger partial charge in [0.05, 0.1) is 17.4 Å². The fourth-order valence-electron chi connectivity index (χ4n) is 3.56. The number of fused-ring (bicyclic) bond motifs is 1. The second-order valence-corrected chi connectivity index (χ2v) is 9.70. The molecule has 0 aromatic carbocycles. The highest BCUT2D eigenvalue weighted by molar-refractivity contribution is 7.89. The Balaban J connectivity index is 1.71. The van der Waals surface area contributed by atoms with Crippen LogP contribution in [0.2, 0.25) is 0 Å². The number of amides is 2. The first-order chi connectivity index (χ1) is 12.7. The summed E-state index contributed by atoms with van der Waals surface area (Å²) in [5, 5.41) is 2.95. The van der Waals surface area contributed by atoms with Crippen molar-refractivity contribution >= 4 is 21.8 Å². The van der Waals surface area contributed by atoms with Crippen molar-refractivity contribution in [2.24, 2.45) is 5.92 Å². The maximum absolute atomic E-state index is 12.9. The number of carbonyl (C=O) groups is 2. The van der Waals surface area contributed by atoms with E-state index in [1.165, 1.54) is 6.20 Å². The van der Waals surface area contributed by atoms with Crippen molar-refractivity contribution in [1.82, 2.24) is 19.5 Å². The molecule has 9 heteroatoms. The third-order valence-corrected chi connectivity index (χ3v) is 6.65. The van der Waals surface area contributed by atoms with Crippen LogP contribution >= 0.6 is 0 Å². The van der Waals surface area contributed by atoms with E-state index < -0.39 is 16.1 Å². The molecule has 0 unspecified atom stereocenters. The van der Waals surface area contributed by atoms with Crippen LogP contribution in [-0.4, -0.2) is 71.9 Å². The Morgan fingerprint density at radius 1 is 1.37 bits per heavy atom. The van der Waals surface area contributed by atoms with Crippen LogP contribution in [-0.2, 0) is 14.8 Å². The standard InChI is InChI=1S/C18H26N4O4S/c1-12(2)10-22-18(24)16-8-15(11-21(16)6-7-27(22,25)26)20-17(23)14-5-4-13(3)19-9-14/h4-5,9,12,15-16H,6-8,10-11H2,1-3H3,(H,20,23)/t15-,16-/m0/s1. The lowest BCUT2D eigenvalue weighted by atomic mass is 10.1. The number of hydrogen-bond acceptors (Lipinski definition) is 6. The molecule has 2 atom stereocenters. The molecule has 2 saturated heterocycles. The second-order valence-electron chi connectivity index (χ2n) is 7.68. The Morgan fingerprint density at radius 3 is 2.74 bits per heavy atom. The largest absolute Gasteiger partial charge is 0.348 e. The number of pyridine rings is 1. The summed E-state index contributed by atoms with van der Waals surface area (Å²) in [5.41, 5.74) is 1.30. The van der Waals surface area contributed by atoms with E-state index in [0.29, 0.717) is 25.1 Å². The van der Waals surface area contributed by atoms with Gasteiger partial charge in [-0.1, -0.05) is 13.8 Å². The molecule has 1 aromatic rings. The van der Waals surface area contributed by atoms with E-state index in [0.717, 1.165) is 10.00 Å². The normalized spacial score (nSPS) is 25.3. The molecular formula is C18H26N4O4S. The van der Waals surface area contributed by atoms with E-state index in [1.807, 2.05) is 25.7 Å². The van der Waals surface area contributed by atoms with E-state index in [-0.39, 0.29) is 36.1 Å². The van der Waals surface area contributed by atoms with Crippen LogP contribution < -0.4 is 5.32 Å². The highest BCUT2D eigenvalue weighted by Gasteiger charge is 2.45. The smallest absolute Gasteiger partial charge is 0.253 e. The summed E-state index contributed by atoms with van der Waals surface area (Å²) in [6, 6.07) is 2.78. The van der Waals surface area contributed by atoms with Crippen LogP contribution in [0.5, 0.6) is 0 Å². The maximum atomic E-state index is 12.9. The first-order valence-corrected chi connectivity index (χ1v) is 10.8. The number of nitrogens with zero attached hydrogens (tertiary/aromatic N) is 3. The van der Waals surface area contributed by atoms with Gasteiger partial charge in [0.25, 0.3) is 11.8 Å². The predicted molar refractivity (Wildman–Crippen MR) is 101 cm³/mol. The average Bonchev–Trinajstić information content (AvgIpc) is 2.97. The van der Waals surface area contributed by atoms with Gasteiger partial charge in [0.15, 0.2) is 0 Å². The molecule has 8 nitrogen and oxygen atoms in total. The van der Waals surface area contributed by atoms with Gasteiger partial charge in [-0.3, -0.25) is 19.5 Å². The van der Waals surface area contributed by atoms with Crippen molar-refractivity contribution in [3.05, 3.63) is 29.6 Å². The zero-order valence-electron chi connectivity index (χ0n) is 15.9. The minimum absolute atomic E-state index is 0.0567. The molecule has 2 amide bonds. The van der Waals surface area contributed by atoms with Crippen LogP contribution in [0.4, 0.5) is 0 Å². The van der Waals surface area contributed by atoms with Gasteiger partial charge in [-0.2, -0.15) is 0 Å². The Morgan fingerprint density at radius 2 is 2.11 bits per heavy atom. The lowest BCUT2D eigenvalue weighted by Gasteiger charge is -2.25. The molecule has 3 rings (SSSR count). The summed E-state index contributed by atoms with van der Waals surface area (Å²) < 4.78 is 25.9. The van der Waals surface area contributed by atoms with Gasteiger partial charge in [0.1, 0.15) is 0 Å². The molecule has 2 fully saturated rings. The Hall–Kier alpha value is -2.00.